The Morgan fingerprint density at radius 3 is 2.74 bits per heavy atom. The van der Waals surface area contributed by atoms with Crippen LogP contribution in [0.1, 0.15) is 44.6 Å². The van der Waals surface area contributed by atoms with Gasteiger partial charge >= 0.3 is 0 Å². The van der Waals surface area contributed by atoms with Crippen molar-refractivity contribution in [2.24, 2.45) is 11.7 Å². The predicted molar refractivity (Wildman–Crippen MR) is 146 cm³/mol. The van der Waals surface area contributed by atoms with Gasteiger partial charge in [-0.2, -0.15) is 0 Å². The second-order valence-electron chi connectivity index (χ2n) is 10.5. The van der Waals surface area contributed by atoms with E-state index in [9.17, 15) is 15.0 Å². The van der Waals surface area contributed by atoms with Crippen molar-refractivity contribution in [3.8, 4) is 16.9 Å². The third kappa shape index (κ3) is 6.61. The van der Waals surface area contributed by atoms with E-state index in [4.69, 9.17) is 19.9 Å². The highest BCUT2D eigenvalue weighted by Gasteiger charge is 2.46. The summed E-state index contributed by atoms with van der Waals surface area (Å²) in [4.78, 5) is 15.1. The molecule has 2 aliphatic rings. The van der Waals surface area contributed by atoms with Gasteiger partial charge in [-0.25, -0.2) is 4.39 Å². The number of halogens is 1. The largest absolute Gasteiger partial charge is 0.494 e. The average molecular weight is 545 g/mol. The molecule has 4 rings (SSSR count). The van der Waals surface area contributed by atoms with Gasteiger partial charge in [0.2, 0.25) is 5.91 Å². The molecule has 1 aliphatic heterocycles. The van der Waals surface area contributed by atoms with Crippen molar-refractivity contribution in [2.45, 2.75) is 62.9 Å². The molecule has 1 aliphatic carbocycles. The third-order valence-electron chi connectivity index (χ3n) is 7.91. The van der Waals surface area contributed by atoms with Crippen molar-refractivity contribution in [1.29, 1.82) is 0 Å². The lowest BCUT2D eigenvalue weighted by Crippen LogP contribution is -2.55. The van der Waals surface area contributed by atoms with Gasteiger partial charge in [-0.05, 0) is 68.4 Å². The molecule has 0 spiro atoms. The molecule has 2 aromatic carbocycles. The zero-order chi connectivity index (χ0) is 28.0. The summed E-state index contributed by atoms with van der Waals surface area (Å²) in [7, 11) is 1.63. The molecule has 2 aromatic rings. The first-order chi connectivity index (χ1) is 18.8. The van der Waals surface area contributed by atoms with E-state index in [0.29, 0.717) is 62.3 Å². The maximum absolute atomic E-state index is 15.6. The Labute approximate surface area is 229 Å². The van der Waals surface area contributed by atoms with E-state index in [1.54, 1.807) is 42.3 Å². The van der Waals surface area contributed by atoms with Crippen LogP contribution in [0.3, 0.4) is 0 Å². The number of hydrogen-bond acceptors (Lipinski definition) is 7. The highest BCUT2D eigenvalue weighted by molar-refractivity contribution is 5.79. The third-order valence-corrected chi connectivity index (χ3v) is 7.91. The molecular weight excluding hydrogens is 503 g/mol. The summed E-state index contributed by atoms with van der Waals surface area (Å²) in [6.07, 6.45) is 0.871. The number of carbonyl (C=O) groups excluding carboxylic acids is 1. The van der Waals surface area contributed by atoms with Gasteiger partial charge in [-0.15, -0.1) is 0 Å². The molecule has 0 unspecified atom stereocenters. The SMILES string of the molecule is CCOc1cccc(-c2c(F)cccc2[C@](O)(CCCCOC)[C@H]2CN(C(=O)[C@H]3C[C@@H](N)[C@@H](O)C3)CCO2)c1. The van der Waals surface area contributed by atoms with Crippen LogP contribution >= 0.6 is 0 Å². The molecule has 39 heavy (non-hydrogen) atoms. The van der Waals surface area contributed by atoms with E-state index < -0.39 is 29.7 Å². The van der Waals surface area contributed by atoms with Gasteiger partial charge in [0.15, 0.2) is 0 Å². The Kier molecular flexibility index (Phi) is 9.96. The smallest absolute Gasteiger partial charge is 0.226 e. The molecule has 2 fully saturated rings. The van der Waals surface area contributed by atoms with Crippen molar-refractivity contribution in [1.82, 2.24) is 4.90 Å². The van der Waals surface area contributed by atoms with E-state index in [1.165, 1.54) is 6.07 Å². The monoisotopic (exact) mass is 544 g/mol. The fourth-order valence-corrected chi connectivity index (χ4v) is 5.84. The van der Waals surface area contributed by atoms with Crippen LogP contribution < -0.4 is 10.5 Å². The van der Waals surface area contributed by atoms with Crippen molar-refractivity contribution < 1.29 is 33.6 Å². The average Bonchev–Trinajstić information content (AvgIpc) is 3.28. The van der Waals surface area contributed by atoms with Crippen molar-refractivity contribution >= 4 is 5.91 Å². The Balaban J connectivity index is 1.69. The van der Waals surface area contributed by atoms with Crippen molar-refractivity contribution in [3.05, 3.63) is 53.8 Å². The summed E-state index contributed by atoms with van der Waals surface area (Å²) in [6.45, 7) is 3.65. The van der Waals surface area contributed by atoms with Gasteiger partial charge in [-0.3, -0.25) is 4.79 Å². The number of amides is 1. The lowest BCUT2D eigenvalue weighted by Gasteiger charge is -2.43. The van der Waals surface area contributed by atoms with Crippen LogP contribution in [0, 0.1) is 11.7 Å². The van der Waals surface area contributed by atoms with Crippen LogP contribution in [-0.4, -0.2) is 79.3 Å². The Morgan fingerprint density at radius 2 is 2.03 bits per heavy atom. The Bertz CT molecular complexity index is 1110. The van der Waals surface area contributed by atoms with E-state index in [2.05, 4.69) is 0 Å². The number of morpholine rings is 1. The number of aliphatic hydroxyl groups excluding tert-OH is 1. The lowest BCUT2D eigenvalue weighted by atomic mass is 9.78. The maximum atomic E-state index is 15.6. The van der Waals surface area contributed by atoms with E-state index in [0.717, 1.165) is 0 Å². The lowest BCUT2D eigenvalue weighted by molar-refractivity contribution is -0.167. The van der Waals surface area contributed by atoms with Crippen LogP contribution in [0.5, 0.6) is 5.75 Å². The summed E-state index contributed by atoms with van der Waals surface area (Å²) in [5, 5.41) is 22.5. The summed E-state index contributed by atoms with van der Waals surface area (Å²) >= 11 is 0. The predicted octanol–water partition coefficient (Wildman–Crippen LogP) is 3.22. The van der Waals surface area contributed by atoms with Crippen LogP contribution in [-0.2, 0) is 19.9 Å². The topological polar surface area (TPSA) is 114 Å². The number of unbranched alkanes of at least 4 members (excludes halogenated alkanes) is 1. The van der Waals surface area contributed by atoms with Gasteiger partial charge in [0.25, 0.3) is 0 Å². The molecule has 5 atom stereocenters. The first-order valence-electron chi connectivity index (χ1n) is 13.9. The number of hydrogen-bond donors (Lipinski definition) is 3. The summed E-state index contributed by atoms with van der Waals surface area (Å²) in [6, 6.07) is 11.5. The normalized spacial score (nSPS) is 24.9. The van der Waals surface area contributed by atoms with Gasteiger partial charge in [0.05, 0.1) is 25.9 Å². The summed E-state index contributed by atoms with van der Waals surface area (Å²) in [5.41, 5.74) is 5.65. The highest BCUT2D eigenvalue weighted by Crippen LogP contribution is 2.42. The number of aliphatic hydroxyl groups is 2. The quantitative estimate of drug-likeness (QED) is 0.372. The van der Waals surface area contributed by atoms with Crippen LogP contribution in [0.2, 0.25) is 0 Å². The van der Waals surface area contributed by atoms with Crippen LogP contribution in [0.25, 0.3) is 11.1 Å². The molecule has 1 saturated carbocycles. The number of rotatable bonds is 11. The maximum Gasteiger partial charge on any atom is 0.226 e. The summed E-state index contributed by atoms with van der Waals surface area (Å²) < 4.78 is 32.6. The van der Waals surface area contributed by atoms with E-state index >= 15 is 4.39 Å². The number of nitrogens with two attached hydrogens (primary N) is 1. The molecule has 9 heteroatoms. The van der Waals surface area contributed by atoms with E-state index in [1.807, 2.05) is 13.0 Å². The first kappa shape index (κ1) is 29.4. The molecule has 1 heterocycles. The Morgan fingerprint density at radius 1 is 1.23 bits per heavy atom. The second kappa shape index (κ2) is 13.2. The number of ether oxygens (including phenoxy) is 3. The van der Waals surface area contributed by atoms with Crippen LogP contribution in [0.4, 0.5) is 4.39 Å². The van der Waals surface area contributed by atoms with E-state index in [-0.39, 0.29) is 37.0 Å². The summed E-state index contributed by atoms with van der Waals surface area (Å²) in [5.74, 6) is -0.319. The molecular formula is C30H41FN2O6. The molecule has 0 aromatic heterocycles. The first-order valence-corrected chi connectivity index (χ1v) is 13.9. The molecule has 4 N–H and O–H groups in total. The van der Waals surface area contributed by atoms with Crippen LogP contribution in [0.15, 0.2) is 42.5 Å². The Hall–Kier alpha value is -2.56. The van der Waals surface area contributed by atoms with Gasteiger partial charge in [0.1, 0.15) is 23.3 Å². The molecule has 0 bridgehead atoms. The van der Waals surface area contributed by atoms with Gasteiger partial charge < -0.3 is 35.1 Å². The number of methoxy groups -OCH3 is 1. The molecule has 8 nitrogen and oxygen atoms in total. The number of nitrogens with zero attached hydrogens (tertiary/aromatic N) is 1. The van der Waals surface area contributed by atoms with Gasteiger partial charge in [0, 0.05) is 37.8 Å². The zero-order valence-corrected chi connectivity index (χ0v) is 22.9. The molecule has 214 valence electrons. The molecule has 1 saturated heterocycles. The zero-order valence-electron chi connectivity index (χ0n) is 22.9. The van der Waals surface area contributed by atoms with Gasteiger partial charge in [-0.1, -0.05) is 24.3 Å². The minimum atomic E-state index is -1.59. The second-order valence-corrected chi connectivity index (χ2v) is 10.5. The molecule has 1 amide bonds. The minimum absolute atomic E-state index is 0.0964. The van der Waals surface area contributed by atoms with Crippen molar-refractivity contribution in [3.63, 3.8) is 0 Å². The number of benzene rings is 2. The fraction of sp³-hybridized carbons (Fsp3) is 0.567. The standard InChI is InChI=1S/C30H41FN2O6/c1-3-38-22-9-6-8-20(16-22)28-23(10-7-11-24(28)31)30(36,12-4-5-14-37-2)27-19-33(13-15-39-27)29(35)21-17-25(32)26(34)18-21/h6-11,16,21,25-27,34,36H,3-5,12-15,17-19,32H2,1-2H3/t21-,25+,26-,27+,30+/m0/s1. The molecule has 0 radical (unpaired) electrons. The minimum Gasteiger partial charge on any atom is -0.494 e. The number of carbonyl (C=O) groups is 1. The highest BCUT2D eigenvalue weighted by atomic mass is 19.1. The fourth-order valence-electron chi connectivity index (χ4n) is 5.84. The van der Waals surface area contributed by atoms with Crippen molar-refractivity contribution in [2.75, 3.05) is 40.0 Å².